The van der Waals surface area contributed by atoms with Gasteiger partial charge in [0.1, 0.15) is 15.0 Å². The topological polar surface area (TPSA) is 76.1 Å². The number of hydrogen-bond acceptors (Lipinski definition) is 4. The summed E-state index contributed by atoms with van der Waals surface area (Å²) in [5.41, 5.74) is 1.15. The van der Waals surface area contributed by atoms with Crippen molar-refractivity contribution in [1.82, 2.24) is 10.3 Å². The molecule has 0 aliphatic carbocycles. The Bertz CT molecular complexity index is 587. The fourth-order valence-corrected chi connectivity index (χ4v) is 3.09. The zero-order chi connectivity index (χ0) is 15.3. The minimum atomic E-state index is -3.13. The average molecular weight is 319 g/mol. The summed E-state index contributed by atoms with van der Waals surface area (Å²) in [7, 11) is -3.13. The number of carbonyl (C=O) groups is 1. The summed E-state index contributed by atoms with van der Waals surface area (Å²) < 4.78 is 22.3. The zero-order valence-electron chi connectivity index (χ0n) is 11.8. The highest BCUT2D eigenvalue weighted by molar-refractivity contribution is 7.90. The van der Waals surface area contributed by atoms with Gasteiger partial charge in [-0.1, -0.05) is 24.9 Å². The van der Waals surface area contributed by atoms with Crippen molar-refractivity contribution in [1.29, 1.82) is 0 Å². The maximum absolute atomic E-state index is 12.1. The number of sulfone groups is 1. The van der Waals surface area contributed by atoms with E-state index in [9.17, 15) is 13.2 Å². The Labute approximate surface area is 124 Å². The fraction of sp³-hybridized carbons (Fsp3) is 0.538. The van der Waals surface area contributed by atoms with Gasteiger partial charge in [-0.15, -0.1) is 0 Å². The van der Waals surface area contributed by atoms with Gasteiger partial charge in [0, 0.05) is 23.6 Å². The lowest BCUT2D eigenvalue weighted by molar-refractivity contribution is 0.0943. The van der Waals surface area contributed by atoms with Crippen LogP contribution in [-0.2, 0) is 16.3 Å². The van der Waals surface area contributed by atoms with Crippen LogP contribution in [0.3, 0.4) is 0 Å². The molecule has 5 nitrogen and oxygen atoms in total. The van der Waals surface area contributed by atoms with Gasteiger partial charge in [0.25, 0.3) is 5.91 Å². The molecule has 1 N–H and O–H groups in total. The number of nitrogens with zero attached hydrogens (tertiary/aromatic N) is 1. The number of nitrogens with one attached hydrogen (secondary N) is 1. The summed E-state index contributed by atoms with van der Waals surface area (Å²) in [5, 5.41) is 2.91. The van der Waals surface area contributed by atoms with Crippen molar-refractivity contribution in [2.75, 3.05) is 12.0 Å². The van der Waals surface area contributed by atoms with Crippen LogP contribution in [0.5, 0.6) is 0 Å². The predicted molar refractivity (Wildman–Crippen MR) is 79.9 cm³/mol. The van der Waals surface area contributed by atoms with Crippen LogP contribution in [0.2, 0.25) is 5.15 Å². The van der Waals surface area contributed by atoms with Crippen LogP contribution in [-0.4, -0.2) is 37.4 Å². The first-order valence-corrected chi connectivity index (χ1v) is 8.80. The summed E-state index contributed by atoms with van der Waals surface area (Å²) >= 11 is 5.89. The van der Waals surface area contributed by atoms with Crippen LogP contribution in [0.25, 0.3) is 0 Å². The molecule has 0 saturated carbocycles. The molecule has 1 amide bonds. The third-order valence-corrected chi connectivity index (χ3v) is 3.84. The van der Waals surface area contributed by atoms with Crippen molar-refractivity contribution >= 4 is 27.3 Å². The Hall–Kier alpha value is -1.14. The Kier molecular flexibility index (Phi) is 5.95. The molecule has 1 rings (SSSR count). The lowest BCUT2D eigenvalue weighted by atomic mass is 10.1. The largest absolute Gasteiger partial charge is 0.349 e. The molecule has 0 spiro atoms. The normalized spacial score (nSPS) is 13.0. The van der Waals surface area contributed by atoms with E-state index in [0.29, 0.717) is 5.56 Å². The standard InChI is InChI=1S/C13H19ClN2O3S/c1-4-5-11-6-10(7-12(14)16-11)13(17)15-9(2)8-20(3,18)19/h6-7,9H,4-5,8H2,1-3H3,(H,15,17). The Morgan fingerprint density at radius 1 is 1.45 bits per heavy atom. The summed E-state index contributed by atoms with van der Waals surface area (Å²) in [5.74, 6) is -0.442. The van der Waals surface area contributed by atoms with Crippen molar-refractivity contribution in [2.45, 2.75) is 32.7 Å². The van der Waals surface area contributed by atoms with Crippen LogP contribution in [0.4, 0.5) is 0 Å². The lowest BCUT2D eigenvalue weighted by Crippen LogP contribution is -2.37. The monoisotopic (exact) mass is 318 g/mol. The maximum Gasteiger partial charge on any atom is 0.251 e. The molecule has 0 fully saturated rings. The number of aryl methyl sites for hydroxylation is 1. The van der Waals surface area contributed by atoms with E-state index in [0.717, 1.165) is 24.8 Å². The molecule has 0 radical (unpaired) electrons. The highest BCUT2D eigenvalue weighted by Crippen LogP contribution is 2.12. The molecule has 20 heavy (non-hydrogen) atoms. The molecule has 1 aromatic rings. The van der Waals surface area contributed by atoms with Gasteiger partial charge in [-0.2, -0.15) is 0 Å². The first-order valence-electron chi connectivity index (χ1n) is 6.36. The second-order valence-corrected chi connectivity index (χ2v) is 7.46. The van der Waals surface area contributed by atoms with Crippen LogP contribution in [0.15, 0.2) is 12.1 Å². The highest BCUT2D eigenvalue weighted by atomic mass is 35.5. The van der Waals surface area contributed by atoms with Crippen LogP contribution < -0.4 is 5.32 Å². The number of carbonyl (C=O) groups excluding carboxylic acids is 1. The summed E-state index contributed by atoms with van der Waals surface area (Å²) in [6, 6.07) is 2.69. The van der Waals surface area contributed by atoms with E-state index < -0.39 is 15.9 Å². The zero-order valence-corrected chi connectivity index (χ0v) is 13.4. The number of pyridine rings is 1. The third-order valence-electron chi connectivity index (χ3n) is 2.55. The quantitative estimate of drug-likeness (QED) is 0.812. The number of aromatic nitrogens is 1. The SMILES string of the molecule is CCCc1cc(C(=O)NC(C)CS(C)(=O)=O)cc(Cl)n1. The molecule has 1 unspecified atom stereocenters. The van der Waals surface area contributed by atoms with Crippen LogP contribution in [0, 0.1) is 0 Å². The summed E-state index contributed by atoms with van der Waals surface area (Å²) in [4.78, 5) is 16.2. The Morgan fingerprint density at radius 3 is 2.65 bits per heavy atom. The van der Waals surface area contributed by atoms with Gasteiger partial charge in [0.2, 0.25) is 0 Å². The first-order chi connectivity index (χ1) is 9.21. The van der Waals surface area contributed by atoms with Gasteiger partial charge in [-0.05, 0) is 25.5 Å². The van der Waals surface area contributed by atoms with E-state index in [4.69, 9.17) is 11.6 Å². The first kappa shape index (κ1) is 16.9. The second kappa shape index (κ2) is 7.04. The van der Waals surface area contributed by atoms with Gasteiger partial charge in [0.15, 0.2) is 0 Å². The molecule has 0 aliphatic rings. The molecule has 1 heterocycles. The van der Waals surface area contributed by atoms with Crippen molar-refractivity contribution in [3.8, 4) is 0 Å². The van der Waals surface area contributed by atoms with Gasteiger partial charge in [-0.25, -0.2) is 13.4 Å². The minimum absolute atomic E-state index is 0.0978. The molecule has 0 bridgehead atoms. The molecule has 0 saturated heterocycles. The van der Waals surface area contributed by atoms with Crippen molar-refractivity contribution < 1.29 is 13.2 Å². The summed E-state index contributed by atoms with van der Waals surface area (Å²) in [6.07, 6.45) is 2.77. The molecule has 112 valence electrons. The van der Waals surface area contributed by atoms with Gasteiger partial charge in [0.05, 0.1) is 5.75 Å². The maximum atomic E-state index is 12.1. The predicted octanol–water partition coefficient (Wildman–Crippen LogP) is 1.85. The molecule has 7 heteroatoms. The number of amides is 1. The third kappa shape index (κ3) is 5.88. The van der Waals surface area contributed by atoms with Crippen LogP contribution >= 0.6 is 11.6 Å². The van der Waals surface area contributed by atoms with E-state index in [1.807, 2.05) is 6.92 Å². The molecular weight excluding hydrogens is 300 g/mol. The van der Waals surface area contributed by atoms with E-state index in [2.05, 4.69) is 10.3 Å². The fourth-order valence-electron chi connectivity index (χ4n) is 1.87. The Balaban J connectivity index is 2.81. The Morgan fingerprint density at radius 2 is 2.10 bits per heavy atom. The summed E-state index contributed by atoms with van der Waals surface area (Å²) in [6.45, 7) is 3.66. The van der Waals surface area contributed by atoms with E-state index in [-0.39, 0.29) is 16.8 Å². The van der Waals surface area contributed by atoms with E-state index in [1.54, 1.807) is 13.0 Å². The van der Waals surface area contributed by atoms with Crippen molar-refractivity contribution in [3.63, 3.8) is 0 Å². The molecule has 0 aromatic carbocycles. The molecular formula is C13H19ClN2O3S. The van der Waals surface area contributed by atoms with E-state index >= 15 is 0 Å². The minimum Gasteiger partial charge on any atom is -0.349 e. The van der Waals surface area contributed by atoms with E-state index in [1.165, 1.54) is 6.07 Å². The lowest BCUT2D eigenvalue weighted by Gasteiger charge is -2.13. The van der Waals surface area contributed by atoms with Crippen LogP contribution in [0.1, 0.15) is 36.3 Å². The average Bonchev–Trinajstić information content (AvgIpc) is 2.25. The molecule has 1 atom stereocenters. The molecule has 1 aromatic heterocycles. The smallest absolute Gasteiger partial charge is 0.251 e. The number of rotatable bonds is 6. The number of hydrogen-bond donors (Lipinski definition) is 1. The number of halogens is 1. The van der Waals surface area contributed by atoms with Gasteiger partial charge >= 0.3 is 0 Å². The van der Waals surface area contributed by atoms with Gasteiger partial charge in [-0.3, -0.25) is 4.79 Å². The highest BCUT2D eigenvalue weighted by Gasteiger charge is 2.15. The van der Waals surface area contributed by atoms with Crippen molar-refractivity contribution in [3.05, 3.63) is 28.5 Å². The molecule has 0 aliphatic heterocycles. The second-order valence-electron chi connectivity index (χ2n) is 4.89. The van der Waals surface area contributed by atoms with Gasteiger partial charge < -0.3 is 5.32 Å². The van der Waals surface area contributed by atoms with Crippen molar-refractivity contribution in [2.24, 2.45) is 0 Å².